The maximum Gasteiger partial charge on any atom is 0.227 e. The topological polar surface area (TPSA) is 61.4 Å². The maximum atomic E-state index is 12.2. The number of rotatable bonds is 2. The fraction of sp³-hybridized carbons (Fsp3) is 0.500. The van der Waals surface area contributed by atoms with Crippen molar-refractivity contribution in [3.8, 4) is 5.75 Å². The summed E-state index contributed by atoms with van der Waals surface area (Å²) in [5, 5.41) is 16.1. The lowest BCUT2D eigenvalue weighted by atomic mass is 9.92. The highest BCUT2D eigenvalue weighted by atomic mass is 79.9. The van der Waals surface area contributed by atoms with E-state index in [0.717, 1.165) is 24.9 Å². The Morgan fingerprint density at radius 1 is 1.53 bits per heavy atom. The second-order valence-corrected chi connectivity index (χ2v) is 6.06. The highest BCUT2D eigenvalue weighted by molar-refractivity contribution is 9.10. The van der Waals surface area contributed by atoms with Crippen LogP contribution in [0.1, 0.15) is 25.3 Å². The van der Waals surface area contributed by atoms with E-state index in [1.165, 1.54) is 0 Å². The number of phenolic OH excluding ortho intramolecular Hbond substituents is 1. The molecule has 0 aromatic heterocycles. The van der Waals surface area contributed by atoms with E-state index in [2.05, 4.69) is 33.5 Å². The second kappa shape index (κ2) is 5.92. The SMILES string of the molecule is Cc1cc(Br)c(O)c(NC(=O)[C@H]2CCN[C@@H](C)C2)c1. The highest BCUT2D eigenvalue weighted by Crippen LogP contribution is 2.34. The third kappa shape index (κ3) is 3.48. The van der Waals surface area contributed by atoms with Gasteiger partial charge in [0.15, 0.2) is 5.75 Å². The van der Waals surface area contributed by atoms with Gasteiger partial charge in [-0.1, -0.05) is 0 Å². The van der Waals surface area contributed by atoms with Gasteiger partial charge in [-0.25, -0.2) is 0 Å². The molecule has 1 aliphatic heterocycles. The molecular weight excluding hydrogens is 308 g/mol. The summed E-state index contributed by atoms with van der Waals surface area (Å²) in [6.07, 6.45) is 1.67. The molecule has 1 heterocycles. The minimum Gasteiger partial charge on any atom is -0.505 e. The molecule has 0 spiro atoms. The molecule has 19 heavy (non-hydrogen) atoms. The predicted octanol–water partition coefficient (Wildman–Crippen LogP) is 2.79. The molecule has 104 valence electrons. The number of hydrogen-bond donors (Lipinski definition) is 3. The third-order valence-electron chi connectivity index (χ3n) is 3.46. The number of piperidine rings is 1. The van der Waals surface area contributed by atoms with Gasteiger partial charge in [0.2, 0.25) is 5.91 Å². The van der Waals surface area contributed by atoms with E-state index in [-0.39, 0.29) is 17.6 Å². The van der Waals surface area contributed by atoms with Crippen molar-refractivity contribution in [1.82, 2.24) is 5.32 Å². The van der Waals surface area contributed by atoms with E-state index in [0.29, 0.717) is 16.2 Å². The quantitative estimate of drug-likeness (QED) is 0.732. The van der Waals surface area contributed by atoms with E-state index in [1.807, 2.05) is 13.0 Å². The number of anilines is 1. The summed E-state index contributed by atoms with van der Waals surface area (Å²) in [6.45, 7) is 4.87. The number of aromatic hydroxyl groups is 1. The molecule has 0 aliphatic carbocycles. The molecule has 0 saturated carbocycles. The van der Waals surface area contributed by atoms with Gasteiger partial charge in [0, 0.05) is 12.0 Å². The first-order chi connectivity index (χ1) is 8.97. The van der Waals surface area contributed by atoms with E-state index < -0.39 is 0 Å². The van der Waals surface area contributed by atoms with Crippen molar-refractivity contribution in [2.45, 2.75) is 32.7 Å². The zero-order chi connectivity index (χ0) is 14.0. The molecular formula is C14H19BrN2O2. The number of phenols is 1. The van der Waals surface area contributed by atoms with Crippen LogP contribution in [0.5, 0.6) is 5.75 Å². The minimum atomic E-state index is -0.0128. The molecule has 1 saturated heterocycles. The number of amides is 1. The van der Waals surface area contributed by atoms with Crippen LogP contribution in [0.2, 0.25) is 0 Å². The zero-order valence-electron chi connectivity index (χ0n) is 11.2. The van der Waals surface area contributed by atoms with Crippen LogP contribution in [0.15, 0.2) is 16.6 Å². The molecule has 3 N–H and O–H groups in total. The molecule has 1 aromatic rings. The summed E-state index contributed by atoms with van der Waals surface area (Å²) in [5.74, 6) is 0.0806. The Morgan fingerprint density at radius 2 is 2.26 bits per heavy atom. The molecule has 1 aliphatic rings. The molecule has 4 nitrogen and oxygen atoms in total. The van der Waals surface area contributed by atoms with Crippen LogP contribution in [-0.2, 0) is 4.79 Å². The molecule has 0 radical (unpaired) electrons. The Bertz CT molecular complexity index is 491. The van der Waals surface area contributed by atoms with Gasteiger partial charge in [-0.15, -0.1) is 0 Å². The number of carbonyl (C=O) groups is 1. The lowest BCUT2D eigenvalue weighted by Crippen LogP contribution is -2.40. The maximum absolute atomic E-state index is 12.2. The fourth-order valence-electron chi connectivity index (χ4n) is 2.43. The van der Waals surface area contributed by atoms with E-state index in [4.69, 9.17) is 0 Å². The van der Waals surface area contributed by atoms with Gasteiger partial charge in [0.05, 0.1) is 10.2 Å². The molecule has 1 amide bonds. The number of benzene rings is 1. The Balaban J connectivity index is 2.10. The van der Waals surface area contributed by atoms with Gasteiger partial charge in [-0.05, 0) is 66.9 Å². The van der Waals surface area contributed by atoms with Crippen LogP contribution in [0.3, 0.4) is 0 Å². The van der Waals surface area contributed by atoms with Crippen LogP contribution >= 0.6 is 15.9 Å². The summed E-state index contributed by atoms with van der Waals surface area (Å²) >= 11 is 3.28. The Morgan fingerprint density at radius 3 is 2.95 bits per heavy atom. The molecule has 5 heteroatoms. The van der Waals surface area contributed by atoms with Crippen molar-refractivity contribution in [1.29, 1.82) is 0 Å². The summed E-state index contributed by atoms with van der Waals surface area (Å²) in [4.78, 5) is 12.2. The Kier molecular flexibility index (Phi) is 4.47. The molecule has 2 atom stereocenters. The highest BCUT2D eigenvalue weighted by Gasteiger charge is 2.25. The zero-order valence-corrected chi connectivity index (χ0v) is 12.8. The molecule has 0 bridgehead atoms. The van der Waals surface area contributed by atoms with E-state index >= 15 is 0 Å². The second-order valence-electron chi connectivity index (χ2n) is 5.21. The van der Waals surface area contributed by atoms with Crippen molar-refractivity contribution >= 4 is 27.5 Å². The summed E-state index contributed by atoms with van der Waals surface area (Å²) in [7, 11) is 0. The summed E-state index contributed by atoms with van der Waals surface area (Å²) < 4.78 is 0.599. The predicted molar refractivity (Wildman–Crippen MR) is 79.4 cm³/mol. The minimum absolute atomic E-state index is 0.00920. The lowest BCUT2D eigenvalue weighted by molar-refractivity contribution is -0.120. The Hall–Kier alpha value is -1.07. The van der Waals surface area contributed by atoms with Gasteiger partial charge in [-0.3, -0.25) is 4.79 Å². The smallest absolute Gasteiger partial charge is 0.227 e. The molecule has 0 unspecified atom stereocenters. The van der Waals surface area contributed by atoms with Crippen molar-refractivity contribution in [3.63, 3.8) is 0 Å². The number of nitrogens with one attached hydrogen (secondary N) is 2. The molecule has 2 rings (SSSR count). The number of hydrogen-bond acceptors (Lipinski definition) is 3. The van der Waals surface area contributed by atoms with Crippen LogP contribution < -0.4 is 10.6 Å². The van der Waals surface area contributed by atoms with E-state index in [1.54, 1.807) is 6.07 Å². The first kappa shape index (κ1) is 14.3. The van der Waals surface area contributed by atoms with Crippen molar-refractivity contribution in [2.24, 2.45) is 5.92 Å². The van der Waals surface area contributed by atoms with Crippen LogP contribution in [0.25, 0.3) is 0 Å². The summed E-state index contributed by atoms with van der Waals surface area (Å²) in [6, 6.07) is 3.96. The molecule has 1 fully saturated rings. The third-order valence-corrected chi connectivity index (χ3v) is 4.06. The fourth-order valence-corrected chi connectivity index (χ4v) is 3.01. The number of halogens is 1. The average Bonchev–Trinajstić information content (AvgIpc) is 2.35. The largest absolute Gasteiger partial charge is 0.505 e. The van der Waals surface area contributed by atoms with Crippen molar-refractivity contribution in [3.05, 3.63) is 22.2 Å². The monoisotopic (exact) mass is 326 g/mol. The lowest BCUT2D eigenvalue weighted by Gasteiger charge is -2.27. The number of aryl methyl sites for hydroxylation is 1. The first-order valence-corrected chi connectivity index (χ1v) is 7.30. The normalized spacial score (nSPS) is 23.1. The van der Waals surface area contributed by atoms with Crippen LogP contribution in [0, 0.1) is 12.8 Å². The average molecular weight is 327 g/mol. The Labute approximate surface area is 121 Å². The van der Waals surface area contributed by atoms with Gasteiger partial charge >= 0.3 is 0 Å². The van der Waals surface area contributed by atoms with E-state index in [9.17, 15) is 9.90 Å². The van der Waals surface area contributed by atoms with Gasteiger partial charge in [0.25, 0.3) is 0 Å². The first-order valence-electron chi connectivity index (χ1n) is 6.50. The van der Waals surface area contributed by atoms with Gasteiger partial charge in [0.1, 0.15) is 0 Å². The van der Waals surface area contributed by atoms with Crippen molar-refractivity contribution in [2.75, 3.05) is 11.9 Å². The van der Waals surface area contributed by atoms with Gasteiger partial charge in [-0.2, -0.15) is 0 Å². The summed E-state index contributed by atoms with van der Waals surface area (Å²) in [5.41, 5.74) is 1.46. The van der Waals surface area contributed by atoms with Crippen LogP contribution in [0.4, 0.5) is 5.69 Å². The standard InChI is InChI=1S/C14H19BrN2O2/c1-8-5-11(15)13(18)12(6-8)17-14(19)10-3-4-16-9(2)7-10/h5-6,9-10,16,18H,3-4,7H2,1-2H3,(H,17,19)/t9-,10-/m0/s1. The van der Waals surface area contributed by atoms with Crippen LogP contribution in [-0.4, -0.2) is 23.6 Å². The number of carbonyl (C=O) groups excluding carboxylic acids is 1. The van der Waals surface area contributed by atoms with Gasteiger partial charge < -0.3 is 15.7 Å². The van der Waals surface area contributed by atoms with Crippen molar-refractivity contribution < 1.29 is 9.90 Å². The molecule has 1 aromatic carbocycles.